The van der Waals surface area contributed by atoms with Crippen molar-refractivity contribution >= 4 is 11.7 Å². The van der Waals surface area contributed by atoms with Gasteiger partial charge in [-0.25, -0.2) is 4.98 Å². The Bertz CT molecular complexity index is 873. The van der Waals surface area contributed by atoms with Crippen LogP contribution in [0.3, 0.4) is 0 Å². The van der Waals surface area contributed by atoms with Crippen LogP contribution in [-0.2, 0) is 6.42 Å². The maximum atomic E-state index is 12.9. The molecule has 0 aliphatic heterocycles. The summed E-state index contributed by atoms with van der Waals surface area (Å²) in [7, 11) is 0. The number of nitrogens with one attached hydrogen (secondary N) is 1. The zero-order chi connectivity index (χ0) is 18.4. The van der Waals surface area contributed by atoms with Gasteiger partial charge in [0.15, 0.2) is 0 Å². The molecule has 3 rings (SSSR count). The Morgan fingerprint density at radius 2 is 1.65 bits per heavy atom. The van der Waals surface area contributed by atoms with E-state index in [9.17, 15) is 9.59 Å². The van der Waals surface area contributed by atoms with E-state index in [0.717, 1.165) is 6.42 Å². The summed E-state index contributed by atoms with van der Waals surface area (Å²) < 4.78 is 0. The number of nitrogens with zero attached hydrogens (tertiary/aromatic N) is 2. The molecule has 1 amide bonds. The Morgan fingerprint density at radius 3 is 2.31 bits per heavy atom. The predicted octanol–water partition coefficient (Wildman–Crippen LogP) is 3.35. The number of ketones is 1. The van der Waals surface area contributed by atoms with Gasteiger partial charge in [0.05, 0.1) is 6.33 Å². The van der Waals surface area contributed by atoms with E-state index in [2.05, 4.69) is 9.97 Å². The zero-order valence-electron chi connectivity index (χ0n) is 14.7. The summed E-state index contributed by atoms with van der Waals surface area (Å²) in [6.07, 6.45) is 2.16. The van der Waals surface area contributed by atoms with Crippen LogP contribution in [0.25, 0.3) is 0 Å². The highest BCUT2D eigenvalue weighted by Gasteiger charge is 2.24. The molecule has 2 aromatic carbocycles. The minimum Gasteiger partial charge on any atom is -0.340 e. The number of aromatic nitrogens is 2. The van der Waals surface area contributed by atoms with E-state index < -0.39 is 0 Å². The molecule has 0 unspecified atom stereocenters. The lowest BCUT2D eigenvalue weighted by molar-refractivity contribution is 0.0756. The summed E-state index contributed by atoms with van der Waals surface area (Å²) in [6, 6.07) is 18.9. The fraction of sp³-hybridized carbons (Fsp3) is 0.190. The SMILES string of the molecule is CCN(CCc1ccccc1)C(=O)c1[nH]cnc1C(=O)c1ccccc1. The first-order valence-corrected chi connectivity index (χ1v) is 8.67. The highest BCUT2D eigenvalue weighted by atomic mass is 16.2. The standard InChI is InChI=1S/C21H21N3O2/c1-2-24(14-13-16-9-5-3-6-10-16)21(26)19-18(22-15-23-19)20(25)17-11-7-4-8-12-17/h3-12,15H,2,13-14H2,1H3,(H,22,23). The second kappa shape index (κ2) is 8.25. The highest BCUT2D eigenvalue weighted by Crippen LogP contribution is 2.14. The molecule has 26 heavy (non-hydrogen) atoms. The van der Waals surface area contributed by atoms with Crippen LogP contribution in [-0.4, -0.2) is 39.6 Å². The quantitative estimate of drug-likeness (QED) is 0.667. The number of rotatable bonds is 7. The van der Waals surface area contributed by atoms with Gasteiger partial charge < -0.3 is 9.88 Å². The number of H-pyrrole nitrogens is 1. The van der Waals surface area contributed by atoms with E-state index in [0.29, 0.717) is 18.7 Å². The number of amides is 1. The zero-order valence-corrected chi connectivity index (χ0v) is 14.7. The number of carbonyl (C=O) groups excluding carboxylic acids is 2. The summed E-state index contributed by atoms with van der Waals surface area (Å²) in [5.74, 6) is -0.463. The fourth-order valence-corrected chi connectivity index (χ4v) is 2.83. The first-order valence-electron chi connectivity index (χ1n) is 8.67. The van der Waals surface area contributed by atoms with Crippen LogP contribution in [0.15, 0.2) is 67.0 Å². The van der Waals surface area contributed by atoms with Crippen molar-refractivity contribution in [1.29, 1.82) is 0 Å². The first kappa shape index (κ1) is 17.6. The molecule has 0 saturated carbocycles. The van der Waals surface area contributed by atoms with Gasteiger partial charge >= 0.3 is 0 Å². The molecule has 132 valence electrons. The third kappa shape index (κ3) is 3.88. The molecule has 0 saturated heterocycles. The summed E-state index contributed by atoms with van der Waals surface area (Å²) >= 11 is 0. The molecule has 1 N–H and O–H groups in total. The van der Waals surface area contributed by atoms with Gasteiger partial charge in [-0.3, -0.25) is 9.59 Å². The number of imidazole rings is 1. The van der Waals surface area contributed by atoms with Crippen LogP contribution in [0, 0.1) is 0 Å². The third-order valence-corrected chi connectivity index (χ3v) is 4.29. The Morgan fingerprint density at radius 1 is 1.00 bits per heavy atom. The topological polar surface area (TPSA) is 66.1 Å². The maximum absolute atomic E-state index is 12.9. The Kier molecular flexibility index (Phi) is 5.59. The Hall–Kier alpha value is -3.21. The van der Waals surface area contributed by atoms with Crippen LogP contribution < -0.4 is 0 Å². The molecule has 1 aromatic heterocycles. The van der Waals surface area contributed by atoms with Gasteiger partial charge in [-0.05, 0) is 18.9 Å². The largest absolute Gasteiger partial charge is 0.340 e. The van der Waals surface area contributed by atoms with Crippen molar-refractivity contribution in [3.8, 4) is 0 Å². The number of aromatic amines is 1. The highest BCUT2D eigenvalue weighted by molar-refractivity contribution is 6.13. The number of benzene rings is 2. The Balaban J connectivity index is 1.76. The van der Waals surface area contributed by atoms with Gasteiger partial charge in [-0.1, -0.05) is 60.7 Å². The summed E-state index contributed by atoms with van der Waals surface area (Å²) in [5.41, 5.74) is 2.10. The van der Waals surface area contributed by atoms with Crippen LogP contribution in [0.2, 0.25) is 0 Å². The molecular weight excluding hydrogens is 326 g/mol. The van der Waals surface area contributed by atoms with Crippen molar-refractivity contribution in [1.82, 2.24) is 14.9 Å². The van der Waals surface area contributed by atoms with Crippen molar-refractivity contribution in [3.05, 3.63) is 89.5 Å². The smallest absolute Gasteiger partial charge is 0.272 e. The average Bonchev–Trinajstić information content (AvgIpc) is 3.19. The lowest BCUT2D eigenvalue weighted by atomic mass is 10.1. The number of hydrogen-bond acceptors (Lipinski definition) is 3. The van der Waals surface area contributed by atoms with E-state index in [4.69, 9.17) is 0 Å². The van der Waals surface area contributed by atoms with E-state index in [1.54, 1.807) is 29.2 Å². The lowest BCUT2D eigenvalue weighted by Gasteiger charge is -2.20. The molecule has 0 aliphatic rings. The van der Waals surface area contributed by atoms with Crippen molar-refractivity contribution in [2.45, 2.75) is 13.3 Å². The van der Waals surface area contributed by atoms with Crippen molar-refractivity contribution in [2.75, 3.05) is 13.1 Å². The van der Waals surface area contributed by atoms with E-state index in [-0.39, 0.29) is 23.1 Å². The van der Waals surface area contributed by atoms with Crippen molar-refractivity contribution in [2.24, 2.45) is 0 Å². The minimum atomic E-state index is -0.255. The van der Waals surface area contributed by atoms with Crippen molar-refractivity contribution in [3.63, 3.8) is 0 Å². The predicted molar refractivity (Wildman–Crippen MR) is 100 cm³/mol. The number of hydrogen-bond donors (Lipinski definition) is 1. The molecule has 0 aliphatic carbocycles. The second-order valence-corrected chi connectivity index (χ2v) is 5.94. The molecule has 0 spiro atoms. The van der Waals surface area contributed by atoms with Crippen LogP contribution >= 0.6 is 0 Å². The van der Waals surface area contributed by atoms with Crippen LogP contribution in [0.5, 0.6) is 0 Å². The second-order valence-electron chi connectivity index (χ2n) is 5.94. The molecule has 0 fully saturated rings. The molecule has 3 aromatic rings. The van der Waals surface area contributed by atoms with Gasteiger partial charge in [0.25, 0.3) is 5.91 Å². The lowest BCUT2D eigenvalue weighted by Crippen LogP contribution is -2.34. The summed E-state index contributed by atoms with van der Waals surface area (Å²) in [5, 5.41) is 0. The van der Waals surface area contributed by atoms with Gasteiger partial charge in [0.1, 0.15) is 11.4 Å². The van der Waals surface area contributed by atoms with Gasteiger partial charge in [0, 0.05) is 18.7 Å². The molecule has 0 atom stereocenters. The first-order chi connectivity index (χ1) is 12.7. The number of likely N-dealkylation sites (N-methyl/N-ethyl adjacent to an activating group) is 1. The fourth-order valence-electron chi connectivity index (χ4n) is 2.83. The maximum Gasteiger partial charge on any atom is 0.272 e. The Labute approximate surface area is 152 Å². The molecule has 5 nitrogen and oxygen atoms in total. The average molecular weight is 347 g/mol. The molecule has 0 bridgehead atoms. The summed E-state index contributed by atoms with van der Waals surface area (Å²) in [4.78, 5) is 34.3. The normalized spacial score (nSPS) is 10.5. The molecule has 1 heterocycles. The van der Waals surface area contributed by atoms with E-state index in [1.807, 2.05) is 43.3 Å². The van der Waals surface area contributed by atoms with Crippen LogP contribution in [0.1, 0.15) is 39.0 Å². The van der Waals surface area contributed by atoms with Crippen molar-refractivity contribution < 1.29 is 9.59 Å². The minimum absolute atomic E-state index is 0.166. The van der Waals surface area contributed by atoms with Gasteiger partial charge in [-0.15, -0.1) is 0 Å². The van der Waals surface area contributed by atoms with E-state index >= 15 is 0 Å². The molecule has 5 heteroatoms. The van der Waals surface area contributed by atoms with Gasteiger partial charge in [-0.2, -0.15) is 0 Å². The van der Waals surface area contributed by atoms with Gasteiger partial charge in [0.2, 0.25) is 5.78 Å². The molecular formula is C21H21N3O2. The molecule has 0 radical (unpaired) electrons. The number of carbonyl (C=O) groups is 2. The third-order valence-electron chi connectivity index (χ3n) is 4.29. The van der Waals surface area contributed by atoms with E-state index in [1.165, 1.54) is 11.9 Å². The monoisotopic (exact) mass is 347 g/mol. The summed E-state index contributed by atoms with van der Waals surface area (Å²) in [6.45, 7) is 3.07. The van der Waals surface area contributed by atoms with Crippen LogP contribution in [0.4, 0.5) is 0 Å².